The highest BCUT2D eigenvalue weighted by atomic mass is 35.5. The molecule has 0 aliphatic rings. The molecule has 96 valence electrons. The van der Waals surface area contributed by atoms with E-state index in [0.717, 1.165) is 5.76 Å². The number of rotatable bonds is 2. The van der Waals surface area contributed by atoms with Crippen LogP contribution in [0.1, 0.15) is 34.3 Å². The summed E-state index contributed by atoms with van der Waals surface area (Å²) >= 11 is 5.97. The third kappa shape index (κ3) is 2.28. The van der Waals surface area contributed by atoms with Crippen LogP contribution in [-0.2, 0) is 0 Å². The van der Waals surface area contributed by atoms with Gasteiger partial charge in [-0.3, -0.25) is 0 Å². The van der Waals surface area contributed by atoms with Crippen molar-refractivity contribution < 1.29 is 13.9 Å². The van der Waals surface area contributed by atoms with Crippen molar-refractivity contribution in [1.82, 2.24) is 0 Å². The highest BCUT2D eigenvalue weighted by Gasteiger charge is 2.20. The maximum atomic E-state index is 13.3. The van der Waals surface area contributed by atoms with Crippen LogP contribution in [0.4, 0.5) is 4.39 Å². The number of aliphatic hydroxyl groups is 1. The number of halogens is 2. The molecular weight excluding hydrogens is 255 g/mol. The third-order valence-electron chi connectivity index (χ3n) is 2.95. The van der Waals surface area contributed by atoms with Crippen molar-refractivity contribution >= 4 is 11.6 Å². The lowest BCUT2D eigenvalue weighted by Gasteiger charge is -2.13. The normalized spacial score (nSPS) is 12.8. The Morgan fingerprint density at radius 2 is 1.83 bits per heavy atom. The predicted molar refractivity (Wildman–Crippen MR) is 68.4 cm³/mol. The molecule has 0 bridgehead atoms. The SMILES string of the molecule is Cc1cc(C(O)c2cc(C)c(F)cc2Cl)c(C)o1. The van der Waals surface area contributed by atoms with Crippen molar-refractivity contribution in [3.8, 4) is 0 Å². The van der Waals surface area contributed by atoms with Gasteiger partial charge in [0.05, 0.1) is 0 Å². The fourth-order valence-corrected chi connectivity index (χ4v) is 2.23. The molecule has 1 atom stereocenters. The summed E-state index contributed by atoms with van der Waals surface area (Å²) in [5.74, 6) is 0.977. The monoisotopic (exact) mass is 268 g/mol. The minimum Gasteiger partial charge on any atom is -0.466 e. The van der Waals surface area contributed by atoms with Crippen LogP contribution in [0.3, 0.4) is 0 Å². The standard InChI is InChI=1S/C14H14ClFO2/c1-7-4-11(12(15)6-13(7)16)14(17)10-5-8(2)18-9(10)3/h4-6,14,17H,1-3H3. The first-order valence-electron chi connectivity index (χ1n) is 5.60. The van der Waals surface area contributed by atoms with E-state index in [-0.39, 0.29) is 10.8 Å². The number of aryl methyl sites for hydroxylation is 3. The van der Waals surface area contributed by atoms with Gasteiger partial charge < -0.3 is 9.52 Å². The molecule has 0 aliphatic heterocycles. The van der Waals surface area contributed by atoms with E-state index in [4.69, 9.17) is 16.0 Å². The van der Waals surface area contributed by atoms with Gasteiger partial charge in [-0.1, -0.05) is 11.6 Å². The summed E-state index contributed by atoms with van der Waals surface area (Å²) in [5, 5.41) is 10.5. The number of furan rings is 1. The fourth-order valence-electron chi connectivity index (χ4n) is 1.98. The van der Waals surface area contributed by atoms with Gasteiger partial charge in [0, 0.05) is 16.1 Å². The molecule has 18 heavy (non-hydrogen) atoms. The van der Waals surface area contributed by atoms with E-state index in [2.05, 4.69) is 0 Å². The number of hydrogen-bond acceptors (Lipinski definition) is 2. The van der Waals surface area contributed by atoms with Gasteiger partial charge in [0.1, 0.15) is 23.4 Å². The first-order valence-corrected chi connectivity index (χ1v) is 5.98. The van der Waals surface area contributed by atoms with Gasteiger partial charge >= 0.3 is 0 Å². The van der Waals surface area contributed by atoms with Gasteiger partial charge in [-0.15, -0.1) is 0 Å². The molecular formula is C14H14ClFO2. The van der Waals surface area contributed by atoms with Crippen molar-refractivity contribution in [1.29, 1.82) is 0 Å². The summed E-state index contributed by atoms with van der Waals surface area (Å²) in [7, 11) is 0. The first-order chi connectivity index (χ1) is 8.40. The van der Waals surface area contributed by atoms with E-state index < -0.39 is 6.10 Å². The maximum Gasteiger partial charge on any atom is 0.127 e. The fraction of sp³-hybridized carbons (Fsp3) is 0.286. The molecule has 0 saturated heterocycles. The van der Waals surface area contributed by atoms with E-state index >= 15 is 0 Å². The van der Waals surface area contributed by atoms with Crippen molar-refractivity contribution in [2.24, 2.45) is 0 Å². The zero-order valence-corrected chi connectivity index (χ0v) is 11.2. The molecule has 1 aromatic heterocycles. The second-order valence-corrected chi connectivity index (χ2v) is 4.80. The van der Waals surface area contributed by atoms with Crippen molar-refractivity contribution in [3.05, 3.63) is 57.2 Å². The molecule has 1 aromatic carbocycles. The molecule has 1 unspecified atom stereocenters. The van der Waals surface area contributed by atoms with Crippen LogP contribution >= 0.6 is 11.6 Å². The van der Waals surface area contributed by atoms with Crippen molar-refractivity contribution in [3.63, 3.8) is 0 Å². The molecule has 1 heterocycles. The summed E-state index contributed by atoms with van der Waals surface area (Å²) in [6, 6.07) is 4.54. The van der Waals surface area contributed by atoms with Crippen molar-refractivity contribution in [2.45, 2.75) is 26.9 Å². The molecule has 0 amide bonds. The molecule has 1 N–H and O–H groups in total. The molecule has 4 heteroatoms. The molecule has 0 aliphatic carbocycles. The Balaban J connectivity index is 2.49. The van der Waals surface area contributed by atoms with E-state index in [0.29, 0.717) is 22.5 Å². The van der Waals surface area contributed by atoms with Gasteiger partial charge in [-0.05, 0) is 44.5 Å². The Morgan fingerprint density at radius 1 is 1.17 bits per heavy atom. The van der Waals surface area contributed by atoms with Gasteiger partial charge in [-0.25, -0.2) is 4.39 Å². The molecule has 2 rings (SSSR count). The van der Waals surface area contributed by atoms with Crippen LogP contribution in [0.15, 0.2) is 22.6 Å². The maximum absolute atomic E-state index is 13.3. The zero-order chi connectivity index (χ0) is 13.4. The second-order valence-electron chi connectivity index (χ2n) is 4.39. The lowest BCUT2D eigenvalue weighted by atomic mass is 10.00. The number of aliphatic hydroxyl groups excluding tert-OH is 1. The van der Waals surface area contributed by atoms with Gasteiger partial charge in [-0.2, -0.15) is 0 Å². The summed E-state index contributed by atoms with van der Waals surface area (Å²) in [6.07, 6.45) is -0.908. The zero-order valence-electron chi connectivity index (χ0n) is 10.4. The lowest BCUT2D eigenvalue weighted by Crippen LogP contribution is -2.02. The van der Waals surface area contributed by atoms with Crippen LogP contribution < -0.4 is 0 Å². The van der Waals surface area contributed by atoms with Gasteiger partial charge in [0.2, 0.25) is 0 Å². The Morgan fingerprint density at radius 3 is 2.39 bits per heavy atom. The van der Waals surface area contributed by atoms with E-state index in [9.17, 15) is 9.50 Å². The minimum absolute atomic E-state index is 0.212. The summed E-state index contributed by atoms with van der Waals surface area (Å²) in [6.45, 7) is 5.21. The van der Waals surface area contributed by atoms with E-state index in [1.807, 2.05) is 0 Å². The quantitative estimate of drug-likeness (QED) is 0.890. The average molecular weight is 269 g/mol. The Kier molecular flexibility index (Phi) is 3.46. The van der Waals surface area contributed by atoms with Crippen LogP contribution in [0.25, 0.3) is 0 Å². The molecule has 0 spiro atoms. The largest absolute Gasteiger partial charge is 0.466 e. The van der Waals surface area contributed by atoms with E-state index in [1.165, 1.54) is 6.07 Å². The summed E-state index contributed by atoms with van der Waals surface area (Å²) in [5.41, 5.74) is 1.59. The lowest BCUT2D eigenvalue weighted by molar-refractivity contribution is 0.218. The van der Waals surface area contributed by atoms with Crippen LogP contribution in [0.2, 0.25) is 5.02 Å². The van der Waals surface area contributed by atoms with Crippen molar-refractivity contribution in [2.75, 3.05) is 0 Å². The minimum atomic E-state index is -0.908. The van der Waals surface area contributed by atoms with E-state index in [1.54, 1.807) is 32.9 Å². The molecule has 0 radical (unpaired) electrons. The first kappa shape index (κ1) is 13.1. The highest BCUT2D eigenvalue weighted by Crippen LogP contribution is 2.32. The Hall–Kier alpha value is -1.32. The molecule has 2 aromatic rings. The third-order valence-corrected chi connectivity index (χ3v) is 3.27. The Bertz CT molecular complexity index is 590. The summed E-state index contributed by atoms with van der Waals surface area (Å²) in [4.78, 5) is 0. The van der Waals surface area contributed by atoms with Gasteiger partial charge in [0.15, 0.2) is 0 Å². The number of hydrogen-bond donors (Lipinski definition) is 1. The smallest absolute Gasteiger partial charge is 0.127 e. The van der Waals surface area contributed by atoms with Crippen LogP contribution in [-0.4, -0.2) is 5.11 Å². The highest BCUT2D eigenvalue weighted by molar-refractivity contribution is 6.31. The second kappa shape index (κ2) is 4.75. The summed E-state index contributed by atoms with van der Waals surface area (Å²) < 4.78 is 18.7. The van der Waals surface area contributed by atoms with Crippen LogP contribution in [0, 0.1) is 26.6 Å². The molecule has 0 fully saturated rings. The van der Waals surface area contributed by atoms with Crippen LogP contribution in [0.5, 0.6) is 0 Å². The molecule has 2 nitrogen and oxygen atoms in total. The topological polar surface area (TPSA) is 33.4 Å². The molecule has 0 saturated carbocycles. The number of benzene rings is 1. The predicted octanol–water partition coefficient (Wildman–Crippen LogP) is 4.08. The average Bonchev–Trinajstić information content (AvgIpc) is 2.62. The van der Waals surface area contributed by atoms with Gasteiger partial charge in [0.25, 0.3) is 0 Å². The Labute approximate surface area is 110 Å².